The summed E-state index contributed by atoms with van der Waals surface area (Å²) in [6.07, 6.45) is 6.95. The van der Waals surface area contributed by atoms with Gasteiger partial charge in [-0.3, -0.25) is 9.78 Å². The third-order valence-electron chi connectivity index (χ3n) is 2.83. The molecule has 1 atom stereocenters. The van der Waals surface area contributed by atoms with Crippen molar-refractivity contribution in [3.63, 3.8) is 0 Å². The molecule has 0 aliphatic carbocycles. The number of rotatable bonds is 4. The van der Waals surface area contributed by atoms with Gasteiger partial charge in [-0.15, -0.1) is 0 Å². The number of aromatic nitrogens is 3. The molecule has 0 fully saturated rings. The SMILES string of the molecule is CC(C)=CC(C)C(=O)c1nccc(-c2cccnc2)n1. The Morgan fingerprint density at radius 3 is 2.70 bits per heavy atom. The Bertz CT molecular complexity index is 631. The van der Waals surface area contributed by atoms with Crippen LogP contribution >= 0.6 is 0 Å². The number of carbonyl (C=O) groups excluding carboxylic acids is 1. The normalized spacial score (nSPS) is 11.8. The maximum Gasteiger partial charge on any atom is 0.206 e. The highest BCUT2D eigenvalue weighted by Gasteiger charge is 2.16. The van der Waals surface area contributed by atoms with E-state index >= 15 is 0 Å². The lowest BCUT2D eigenvalue weighted by Gasteiger charge is -2.06. The van der Waals surface area contributed by atoms with Crippen molar-refractivity contribution in [1.82, 2.24) is 15.0 Å². The first-order chi connectivity index (χ1) is 9.58. The van der Waals surface area contributed by atoms with Gasteiger partial charge in [0.25, 0.3) is 0 Å². The Kier molecular flexibility index (Phi) is 4.35. The van der Waals surface area contributed by atoms with Gasteiger partial charge in [0.05, 0.1) is 5.69 Å². The van der Waals surface area contributed by atoms with Crippen molar-refractivity contribution in [2.45, 2.75) is 20.8 Å². The molecule has 0 aliphatic rings. The van der Waals surface area contributed by atoms with Gasteiger partial charge < -0.3 is 0 Å². The minimum absolute atomic E-state index is 0.0723. The van der Waals surface area contributed by atoms with Gasteiger partial charge in [-0.1, -0.05) is 18.6 Å². The first-order valence-electron chi connectivity index (χ1n) is 6.50. The minimum Gasteiger partial charge on any atom is -0.290 e. The fourth-order valence-electron chi connectivity index (χ4n) is 1.93. The van der Waals surface area contributed by atoms with E-state index in [0.29, 0.717) is 5.69 Å². The molecule has 4 nitrogen and oxygen atoms in total. The zero-order chi connectivity index (χ0) is 14.5. The van der Waals surface area contributed by atoms with Crippen LogP contribution in [-0.2, 0) is 0 Å². The highest BCUT2D eigenvalue weighted by Crippen LogP contribution is 2.16. The predicted octanol–water partition coefficient (Wildman–Crippen LogP) is 3.32. The highest BCUT2D eigenvalue weighted by molar-refractivity contribution is 5.95. The van der Waals surface area contributed by atoms with Crippen molar-refractivity contribution >= 4 is 5.78 Å². The minimum atomic E-state index is -0.218. The Balaban J connectivity index is 2.31. The maximum absolute atomic E-state index is 12.3. The molecule has 0 bridgehead atoms. The summed E-state index contributed by atoms with van der Waals surface area (Å²) in [5, 5.41) is 0. The van der Waals surface area contributed by atoms with Gasteiger partial charge in [-0.2, -0.15) is 0 Å². The molecule has 4 heteroatoms. The van der Waals surface area contributed by atoms with E-state index in [2.05, 4.69) is 15.0 Å². The van der Waals surface area contributed by atoms with Crippen LogP contribution < -0.4 is 0 Å². The average Bonchev–Trinajstić information content (AvgIpc) is 2.47. The highest BCUT2D eigenvalue weighted by atomic mass is 16.1. The zero-order valence-electron chi connectivity index (χ0n) is 11.9. The van der Waals surface area contributed by atoms with Crippen LogP contribution in [0.1, 0.15) is 31.4 Å². The average molecular weight is 267 g/mol. The monoisotopic (exact) mass is 267 g/mol. The molecular formula is C16H17N3O. The van der Waals surface area contributed by atoms with Gasteiger partial charge in [0.2, 0.25) is 5.78 Å². The van der Waals surface area contributed by atoms with Gasteiger partial charge in [-0.25, -0.2) is 9.97 Å². The molecule has 0 aromatic carbocycles. The van der Waals surface area contributed by atoms with Gasteiger partial charge in [0.1, 0.15) is 0 Å². The fourth-order valence-corrected chi connectivity index (χ4v) is 1.93. The Morgan fingerprint density at radius 2 is 2.05 bits per heavy atom. The van der Waals surface area contributed by atoms with Crippen molar-refractivity contribution < 1.29 is 4.79 Å². The molecule has 0 spiro atoms. The lowest BCUT2D eigenvalue weighted by molar-refractivity contribution is 0.0942. The first-order valence-corrected chi connectivity index (χ1v) is 6.50. The standard InChI is InChI=1S/C16H17N3O/c1-11(2)9-12(3)15(20)16-18-8-6-14(19-16)13-5-4-7-17-10-13/h4-10,12H,1-3H3. The number of Topliss-reactive ketones (excluding diaryl/α,β-unsaturated/α-hetero) is 1. The van der Waals surface area contributed by atoms with Crippen molar-refractivity contribution in [3.8, 4) is 11.3 Å². The number of nitrogens with zero attached hydrogens (tertiary/aromatic N) is 3. The molecule has 2 heterocycles. The molecule has 20 heavy (non-hydrogen) atoms. The van der Waals surface area contributed by atoms with Crippen LogP contribution in [0.4, 0.5) is 0 Å². The fraction of sp³-hybridized carbons (Fsp3) is 0.250. The summed E-state index contributed by atoms with van der Waals surface area (Å²) in [5.74, 6) is -0.0440. The van der Waals surface area contributed by atoms with E-state index in [9.17, 15) is 4.79 Å². The quantitative estimate of drug-likeness (QED) is 0.630. The van der Waals surface area contributed by atoms with Crippen LogP contribution in [0.5, 0.6) is 0 Å². The van der Waals surface area contributed by atoms with Crippen molar-refractivity contribution in [2.24, 2.45) is 5.92 Å². The molecular weight excluding hydrogens is 250 g/mol. The number of ketones is 1. The molecule has 2 aromatic rings. The van der Waals surface area contributed by atoms with E-state index in [1.54, 1.807) is 24.7 Å². The molecule has 0 aliphatic heterocycles. The summed E-state index contributed by atoms with van der Waals surface area (Å²) in [5.41, 5.74) is 2.69. The molecule has 2 aromatic heterocycles. The molecule has 1 unspecified atom stereocenters. The van der Waals surface area contributed by atoms with Crippen molar-refractivity contribution in [1.29, 1.82) is 0 Å². The second-order valence-corrected chi connectivity index (χ2v) is 4.90. The van der Waals surface area contributed by atoms with Crippen LogP contribution in [0.2, 0.25) is 0 Å². The van der Waals surface area contributed by atoms with Gasteiger partial charge in [0.15, 0.2) is 5.82 Å². The summed E-state index contributed by atoms with van der Waals surface area (Å²) in [4.78, 5) is 24.8. The van der Waals surface area contributed by atoms with Gasteiger partial charge in [0, 0.05) is 30.1 Å². The number of allylic oxidation sites excluding steroid dienone is 2. The second kappa shape index (κ2) is 6.19. The maximum atomic E-state index is 12.3. The number of pyridine rings is 1. The van der Waals surface area contributed by atoms with E-state index in [1.165, 1.54) is 0 Å². The number of hydrogen-bond donors (Lipinski definition) is 0. The molecule has 0 N–H and O–H groups in total. The summed E-state index contributed by atoms with van der Waals surface area (Å²) in [7, 11) is 0. The summed E-state index contributed by atoms with van der Waals surface area (Å²) in [6.45, 7) is 5.79. The molecule has 0 saturated heterocycles. The molecule has 2 rings (SSSR count). The van der Waals surface area contributed by atoms with Crippen LogP contribution in [0, 0.1) is 5.92 Å². The Morgan fingerprint density at radius 1 is 1.25 bits per heavy atom. The second-order valence-electron chi connectivity index (χ2n) is 4.90. The van der Waals surface area contributed by atoms with Crippen molar-refractivity contribution in [3.05, 3.63) is 54.3 Å². The lowest BCUT2D eigenvalue weighted by Crippen LogP contribution is -2.13. The van der Waals surface area contributed by atoms with Gasteiger partial charge >= 0.3 is 0 Å². The molecule has 0 radical (unpaired) electrons. The number of hydrogen-bond acceptors (Lipinski definition) is 4. The van der Waals surface area contributed by atoms with E-state index in [-0.39, 0.29) is 17.5 Å². The summed E-state index contributed by atoms with van der Waals surface area (Å²) in [6, 6.07) is 5.52. The summed E-state index contributed by atoms with van der Waals surface area (Å²) >= 11 is 0. The molecule has 0 saturated carbocycles. The zero-order valence-corrected chi connectivity index (χ0v) is 11.9. The van der Waals surface area contributed by atoms with E-state index in [0.717, 1.165) is 11.1 Å². The van der Waals surface area contributed by atoms with Crippen LogP contribution in [0.3, 0.4) is 0 Å². The largest absolute Gasteiger partial charge is 0.290 e. The topological polar surface area (TPSA) is 55.7 Å². The smallest absolute Gasteiger partial charge is 0.206 e. The van der Waals surface area contributed by atoms with Crippen LogP contribution in [-0.4, -0.2) is 20.7 Å². The third-order valence-corrected chi connectivity index (χ3v) is 2.83. The van der Waals surface area contributed by atoms with Crippen molar-refractivity contribution in [2.75, 3.05) is 0 Å². The third kappa shape index (κ3) is 3.35. The van der Waals surface area contributed by atoms with E-state index < -0.39 is 0 Å². The molecule has 0 amide bonds. The Labute approximate surface area is 118 Å². The van der Waals surface area contributed by atoms with E-state index in [4.69, 9.17) is 0 Å². The predicted molar refractivity (Wildman–Crippen MR) is 78.2 cm³/mol. The summed E-state index contributed by atoms with van der Waals surface area (Å²) < 4.78 is 0. The lowest BCUT2D eigenvalue weighted by atomic mass is 10.0. The molecule has 102 valence electrons. The van der Waals surface area contributed by atoms with Gasteiger partial charge in [-0.05, 0) is 32.0 Å². The van der Waals surface area contributed by atoms with E-state index in [1.807, 2.05) is 39.0 Å². The Hall–Kier alpha value is -2.36. The van der Waals surface area contributed by atoms with Crippen LogP contribution in [0.15, 0.2) is 48.4 Å². The first kappa shape index (κ1) is 14.1. The number of carbonyl (C=O) groups is 1. The van der Waals surface area contributed by atoms with Crippen LogP contribution in [0.25, 0.3) is 11.3 Å².